The number of benzene rings is 6. The number of hydrogen-bond donors (Lipinski definition) is 0. The van der Waals surface area contributed by atoms with Gasteiger partial charge in [-0.05, 0) is 80.1 Å². The largest absolute Gasteiger partial charge is 0.489 e. The monoisotopic (exact) mass is 574 g/mol. The molecule has 43 heavy (non-hydrogen) atoms. The molecule has 3 heteroatoms. The zero-order chi connectivity index (χ0) is 29.2. The third-order valence-electron chi connectivity index (χ3n) is 8.62. The van der Waals surface area contributed by atoms with Gasteiger partial charge in [0.2, 0.25) is 0 Å². The highest BCUT2D eigenvalue weighted by molar-refractivity contribution is 7.22. The van der Waals surface area contributed by atoms with Crippen molar-refractivity contribution < 1.29 is 9.47 Å². The highest BCUT2D eigenvalue weighted by Gasteiger charge is 2.49. The predicted octanol–water partition coefficient (Wildman–Crippen LogP) is 6.82. The van der Waals surface area contributed by atoms with Gasteiger partial charge in [-0.3, -0.25) is 0 Å². The maximum Gasteiger partial charge on any atom is 0.180 e. The predicted molar refractivity (Wildman–Crippen MR) is 180 cm³/mol. The Balaban J connectivity index is 1.43. The molecule has 0 fully saturated rings. The molecule has 1 aliphatic rings. The minimum absolute atomic E-state index is 0.534. The molecule has 0 aliphatic carbocycles. The molecular formula is C40H34O2Si. The van der Waals surface area contributed by atoms with Crippen LogP contribution in [0.2, 0.25) is 0 Å². The van der Waals surface area contributed by atoms with Gasteiger partial charge in [0, 0.05) is 0 Å². The second-order valence-electron chi connectivity index (χ2n) is 11.4. The van der Waals surface area contributed by atoms with Crippen molar-refractivity contribution in [2.24, 2.45) is 0 Å². The number of ether oxygens (including phenoxy) is 2. The van der Waals surface area contributed by atoms with Gasteiger partial charge in [0.25, 0.3) is 0 Å². The minimum Gasteiger partial charge on any atom is -0.489 e. The molecule has 7 rings (SSSR count). The number of aryl methyl sites for hydroxylation is 2. The van der Waals surface area contributed by atoms with Gasteiger partial charge in [-0.25, -0.2) is 0 Å². The van der Waals surface area contributed by atoms with Crippen molar-refractivity contribution >= 4 is 28.8 Å². The fourth-order valence-electron chi connectivity index (χ4n) is 6.53. The molecule has 210 valence electrons. The van der Waals surface area contributed by atoms with Gasteiger partial charge in [-0.15, -0.1) is 0 Å². The Labute approximate surface area is 255 Å². The quantitative estimate of drug-likeness (QED) is 0.186. The van der Waals surface area contributed by atoms with E-state index in [9.17, 15) is 0 Å². The van der Waals surface area contributed by atoms with Crippen LogP contribution in [0.5, 0.6) is 11.5 Å². The van der Waals surface area contributed by atoms with Crippen molar-refractivity contribution in [1.29, 1.82) is 0 Å². The Morgan fingerprint density at radius 2 is 0.791 bits per heavy atom. The molecule has 0 bridgehead atoms. The molecule has 1 heterocycles. The van der Waals surface area contributed by atoms with Crippen LogP contribution < -0.4 is 30.2 Å². The molecule has 6 aromatic carbocycles. The first-order chi connectivity index (χ1) is 21.1. The Bertz CT molecular complexity index is 1730. The summed E-state index contributed by atoms with van der Waals surface area (Å²) in [5, 5.41) is 5.58. The lowest BCUT2D eigenvalue weighted by atomic mass is 10.0. The molecule has 0 saturated carbocycles. The summed E-state index contributed by atoms with van der Waals surface area (Å²) in [6.45, 7) is 5.43. The van der Waals surface area contributed by atoms with Crippen molar-refractivity contribution in [2.75, 3.05) is 0 Å². The Morgan fingerprint density at radius 3 is 1.16 bits per heavy atom. The summed E-state index contributed by atoms with van der Waals surface area (Å²) >= 11 is 0. The second-order valence-corrected chi connectivity index (χ2v) is 15.1. The van der Waals surface area contributed by atoms with Crippen LogP contribution in [0.15, 0.2) is 146 Å². The molecular weight excluding hydrogens is 541 g/mol. The summed E-state index contributed by atoms with van der Waals surface area (Å²) in [5.41, 5.74) is 7.12. The first kappa shape index (κ1) is 27.0. The van der Waals surface area contributed by atoms with Gasteiger partial charge in [0.15, 0.2) is 8.07 Å². The highest BCUT2D eigenvalue weighted by atomic mass is 28.3. The van der Waals surface area contributed by atoms with Crippen LogP contribution >= 0.6 is 0 Å². The van der Waals surface area contributed by atoms with E-state index in [0.717, 1.165) is 33.8 Å². The summed E-state index contributed by atoms with van der Waals surface area (Å²) < 4.78 is 13.0. The molecule has 0 spiro atoms. The fraction of sp³-hybridized carbons (Fsp3) is 0.100. The van der Waals surface area contributed by atoms with Gasteiger partial charge in [0.05, 0.1) is 0 Å². The van der Waals surface area contributed by atoms with Crippen molar-refractivity contribution in [1.82, 2.24) is 0 Å². The summed E-state index contributed by atoms with van der Waals surface area (Å²) in [4.78, 5) is 0. The van der Waals surface area contributed by atoms with Gasteiger partial charge in [0.1, 0.15) is 24.7 Å². The molecule has 0 radical (unpaired) electrons. The topological polar surface area (TPSA) is 18.5 Å². The van der Waals surface area contributed by atoms with Gasteiger partial charge < -0.3 is 9.47 Å². The zero-order valence-electron chi connectivity index (χ0n) is 24.6. The smallest absolute Gasteiger partial charge is 0.180 e. The minimum atomic E-state index is -2.62. The van der Waals surface area contributed by atoms with Crippen LogP contribution in [-0.4, -0.2) is 8.07 Å². The fourth-order valence-corrected chi connectivity index (χ4v) is 11.9. The van der Waals surface area contributed by atoms with Crippen LogP contribution in [0.3, 0.4) is 0 Å². The third-order valence-corrected chi connectivity index (χ3v) is 13.5. The van der Waals surface area contributed by atoms with E-state index in [1.807, 2.05) is 12.1 Å². The molecule has 0 N–H and O–H groups in total. The van der Waals surface area contributed by atoms with E-state index in [2.05, 4.69) is 147 Å². The third kappa shape index (κ3) is 4.86. The van der Waals surface area contributed by atoms with Crippen molar-refractivity contribution in [3.05, 3.63) is 168 Å². The van der Waals surface area contributed by atoms with E-state index >= 15 is 0 Å². The normalized spacial score (nSPS) is 12.8. The lowest BCUT2D eigenvalue weighted by molar-refractivity contribution is 0.304. The SMILES string of the molecule is Cc1cc2c(cc1OCc1ccccc1)-c1cc(OCc3ccccc3)c(C)cc1[Si]2(c1ccccc1)c1ccccc1. The Morgan fingerprint density at radius 1 is 0.442 bits per heavy atom. The molecule has 6 aromatic rings. The standard InChI is InChI=1S/C40H34O2Si/c1-29-23-39-35(25-37(29)41-27-31-15-7-3-8-16-31)36-26-38(42-28-32-17-9-4-10-18-32)30(2)24-40(36)43(39,33-19-11-5-12-20-33)34-21-13-6-14-22-34/h3-26H,27-28H2,1-2H3. The maximum absolute atomic E-state index is 6.49. The molecule has 2 nitrogen and oxygen atoms in total. The van der Waals surface area contributed by atoms with Crippen LogP contribution in [0, 0.1) is 13.8 Å². The van der Waals surface area contributed by atoms with Gasteiger partial charge >= 0.3 is 0 Å². The van der Waals surface area contributed by atoms with Crippen LogP contribution in [-0.2, 0) is 13.2 Å². The summed E-state index contributed by atoms with van der Waals surface area (Å²) in [7, 11) is -2.62. The van der Waals surface area contributed by atoms with E-state index in [4.69, 9.17) is 9.47 Å². The molecule has 0 saturated heterocycles. The average Bonchev–Trinajstić information content (AvgIpc) is 3.32. The van der Waals surface area contributed by atoms with Gasteiger partial charge in [-0.2, -0.15) is 0 Å². The number of hydrogen-bond acceptors (Lipinski definition) is 2. The van der Waals surface area contributed by atoms with Crippen molar-refractivity contribution in [3.63, 3.8) is 0 Å². The Kier molecular flexibility index (Phi) is 7.18. The lowest BCUT2D eigenvalue weighted by Crippen LogP contribution is -2.72. The molecule has 0 amide bonds. The number of rotatable bonds is 8. The Hall–Kier alpha value is -4.86. The number of fused-ring (bicyclic) bond motifs is 3. The summed E-state index contributed by atoms with van der Waals surface area (Å²) in [5.74, 6) is 1.85. The van der Waals surface area contributed by atoms with Gasteiger partial charge in [-0.1, -0.05) is 133 Å². The van der Waals surface area contributed by atoms with Crippen molar-refractivity contribution in [2.45, 2.75) is 27.1 Å². The molecule has 0 aromatic heterocycles. The maximum atomic E-state index is 6.49. The molecule has 1 aliphatic heterocycles. The van der Waals surface area contributed by atoms with Crippen LogP contribution in [0.25, 0.3) is 11.1 Å². The lowest BCUT2D eigenvalue weighted by Gasteiger charge is -2.32. The van der Waals surface area contributed by atoms with E-state index in [-0.39, 0.29) is 0 Å². The first-order valence-electron chi connectivity index (χ1n) is 14.9. The summed E-state index contributed by atoms with van der Waals surface area (Å²) in [6, 6.07) is 52.4. The summed E-state index contributed by atoms with van der Waals surface area (Å²) in [6.07, 6.45) is 0. The first-order valence-corrected chi connectivity index (χ1v) is 16.9. The molecule has 0 atom stereocenters. The van der Waals surface area contributed by atoms with E-state index in [1.165, 1.54) is 31.9 Å². The van der Waals surface area contributed by atoms with E-state index in [0.29, 0.717) is 13.2 Å². The van der Waals surface area contributed by atoms with Crippen LogP contribution in [0.1, 0.15) is 22.3 Å². The van der Waals surface area contributed by atoms with Crippen molar-refractivity contribution in [3.8, 4) is 22.6 Å². The van der Waals surface area contributed by atoms with E-state index in [1.54, 1.807) is 0 Å². The van der Waals surface area contributed by atoms with Crippen LogP contribution in [0.4, 0.5) is 0 Å². The van der Waals surface area contributed by atoms with E-state index < -0.39 is 8.07 Å². The zero-order valence-corrected chi connectivity index (χ0v) is 25.6. The highest BCUT2D eigenvalue weighted by Crippen LogP contribution is 2.36. The average molecular weight is 575 g/mol. The second kappa shape index (κ2) is 11.4. The molecule has 0 unspecified atom stereocenters.